The van der Waals surface area contributed by atoms with Crippen LogP contribution in [0.5, 0.6) is 0 Å². The fourth-order valence-electron chi connectivity index (χ4n) is 1.56. The summed E-state index contributed by atoms with van der Waals surface area (Å²) in [6, 6.07) is 0. The lowest BCUT2D eigenvalue weighted by atomic mass is 10.1. The molecule has 1 heterocycles. The number of carbonyl (C=O) groups excluding carboxylic acids is 1. The van der Waals surface area contributed by atoms with Gasteiger partial charge in [0.25, 0.3) is 5.91 Å². The monoisotopic (exact) mass is 265 g/mol. The van der Waals surface area contributed by atoms with Gasteiger partial charge < -0.3 is 10.4 Å². The van der Waals surface area contributed by atoms with E-state index in [0.29, 0.717) is 18.7 Å². The number of unbranched alkanes of at least 4 members (excludes halogenated alkanes) is 3. The maximum atomic E-state index is 11.6. The van der Waals surface area contributed by atoms with E-state index in [0.717, 1.165) is 25.0 Å². The van der Waals surface area contributed by atoms with Gasteiger partial charge in [-0.1, -0.05) is 12.8 Å². The van der Waals surface area contributed by atoms with Gasteiger partial charge in [0, 0.05) is 19.2 Å². The highest BCUT2D eigenvalue weighted by molar-refractivity contribution is 5.91. The van der Waals surface area contributed by atoms with Crippen LogP contribution in [0.15, 0.2) is 12.4 Å². The van der Waals surface area contributed by atoms with Crippen LogP contribution in [0.3, 0.4) is 0 Å². The summed E-state index contributed by atoms with van der Waals surface area (Å²) in [4.78, 5) is 29.9. The molecule has 0 bridgehead atoms. The number of aryl methyl sites for hydroxylation is 1. The van der Waals surface area contributed by atoms with Crippen LogP contribution in [-0.2, 0) is 4.79 Å². The highest BCUT2D eigenvalue weighted by Crippen LogP contribution is 2.02. The fraction of sp³-hybridized carbons (Fsp3) is 0.538. The molecular formula is C13H19N3O3. The molecule has 0 aliphatic carbocycles. The largest absolute Gasteiger partial charge is 0.481 e. The third-order valence-corrected chi connectivity index (χ3v) is 2.62. The molecule has 104 valence electrons. The molecule has 0 atom stereocenters. The molecule has 0 saturated heterocycles. The van der Waals surface area contributed by atoms with Gasteiger partial charge in [-0.05, 0) is 19.8 Å². The molecule has 19 heavy (non-hydrogen) atoms. The molecule has 0 aliphatic rings. The summed E-state index contributed by atoms with van der Waals surface area (Å²) in [5.74, 6) is -0.982. The second-order valence-corrected chi connectivity index (χ2v) is 4.36. The summed E-state index contributed by atoms with van der Waals surface area (Å²) in [6.07, 6.45) is 6.53. The zero-order valence-electron chi connectivity index (χ0n) is 11.1. The molecule has 0 radical (unpaired) electrons. The number of nitrogens with zero attached hydrogens (tertiary/aromatic N) is 2. The molecule has 0 unspecified atom stereocenters. The summed E-state index contributed by atoms with van der Waals surface area (Å²) in [5.41, 5.74) is 1.09. The van der Waals surface area contributed by atoms with E-state index in [1.54, 1.807) is 6.20 Å². The van der Waals surface area contributed by atoms with E-state index in [1.807, 2.05) is 6.92 Å². The number of amides is 1. The van der Waals surface area contributed by atoms with Gasteiger partial charge in [-0.15, -0.1) is 0 Å². The minimum absolute atomic E-state index is 0.214. The van der Waals surface area contributed by atoms with Gasteiger partial charge in [-0.3, -0.25) is 14.6 Å². The number of nitrogens with one attached hydrogen (secondary N) is 1. The average Bonchev–Trinajstić information content (AvgIpc) is 2.38. The molecule has 6 nitrogen and oxygen atoms in total. The number of carbonyl (C=O) groups is 2. The molecule has 0 saturated carbocycles. The van der Waals surface area contributed by atoms with E-state index in [4.69, 9.17) is 5.11 Å². The van der Waals surface area contributed by atoms with Crippen molar-refractivity contribution in [3.8, 4) is 0 Å². The average molecular weight is 265 g/mol. The van der Waals surface area contributed by atoms with Crippen molar-refractivity contribution in [3.05, 3.63) is 23.8 Å². The predicted octanol–water partition coefficient (Wildman–Crippen LogP) is 1.55. The van der Waals surface area contributed by atoms with Gasteiger partial charge in [-0.25, -0.2) is 4.98 Å². The number of carboxylic acids is 1. The zero-order chi connectivity index (χ0) is 14.1. The summed E-state index contributed by atoms with van der Waals surface area (Å²) in [6.45, 7) is 2.38. The third-order valence-electron chi connectivity index (χ3n) is 2.62. The first-order valence-corrected chi connectivity index (χ1v) is 6.38. The van der Waals surface area contributed by atoms with Crippen molar-refractivity contribution in [1.29, 1.82) is 0 Å². The van der Waals surface area contributed by atoms with Gasteiger partial charge in [0.1, 0.15) is 5.69 Å². The van der Waals surface area contributed by atoms with E-state index in [-0.39, 0.29) is 12.3 Å². The lowest BCUT2D eigenvalue weighted by Gasteiger charge is -2.04. The van der Waals surface area contributed by atoms with Crippen molar-refractivity contribution in [3.63, 3.8) is 0 Å². The second-order valence-electron chi connectivity index (χ2n) is 4.36. The van der Waals surface area contributed by atoms with Crippen LogP contribution in [0, 0.1) is 6.92 Å². The molecule has 1 aromatic heterocycles. The van der Waals surface area contributed by atoms with Crippen LogP contribution in [0.2, 0.25) is 0 Å². The van der Waals surface area contributed by atoms with Crippen LogP contribution < -0.4 is 5.32 Å². The van der Waals surface area contributed by atoms with E-state index in [9.17, 15) is 9.59 Å². The lowest BCUT2D eigenvalue weighted by molar-refractivity contribution is -0.137. The Hall–Kier alpha value is -1.98. The summed E-state index contributed by atoms with van der Waals surface area (Å²) in [7, 11) is 0. The van der Waals surface area contributed by atoms with Crippen LogP contribution in [0.25, 0.3) is 0 Å². The van der Waals surface area contributed by atoms with Crippen molar-refractivity contribution >= 4 is 11.9 Å². The lowest BCUT2D eigenvalue weighted by Crippen LogP contribution is -2.25. The van der Waals surface area contributed by atoms with Crippen molar-refractivity contribution in [1.82, 2.24) is 15.3 Å². The highest BCUT2D eigenvalue weighted by Gasteiger charge is 2.06. The number of aliphatic carboxylic acids is 1. The van der Waals surface area contributed by atoms with Crippen LogP contribution >= 0.6 is 0 Å². The second kappa shape index (κ2) is 8.18. The molecule has 1 aromatic rings. The number of hydrogen-bond donors (Lipinski definition) is 2. The predicted molar refractivity (Wildman–Crippen MR) is 69.8 cm³/mol. The van der Waals surface area contributed by atoms with Gasteiger partial charge in [0.05, 0.1) is 11.9 Å². The van der Waals surface area contributed by atoms with E-state index in [2.05, 4.69) is 15.3 Å². The highest BCUT2D eigenvalue weighted by atomic mass is 16.4. The molecule has 2 N–H and O–H groups in total. The molecule has 0 fully saturated rings. The number of carboxylic acid groups (broad SMARTS) is 1. The Labute approximate surface area is 112 Å². The van der Waals surface area contributed by atoms with Gasteiger partial charge in [0.2, 0.25) is 0 Å². The third kappa shape index (κ3) is 6.49. The van der Waals surface area contributed by atoms with Gasteiger partial charge >= 0.3 is 5.97 Å². The molecule has 0 aliphatic heterocycles. The van der Waals surface area contributed by atoms with E-state index in [1.165, 1.54) is 6.20 Å². The molecule has 0 aromatic carbocycles. The number of rotatable bonds is 8. The zero-order valence-corrected chi connectivity index (χ0v) is 11.1. The summed E-state index contributed by atoms with van der Waals surface area (Å²) >= 11 is 0. The maximum Gasteiger partial charge on any atom is 0.303 e. The van der Waals surface area contributed by atoms with E-state index < -0.39 is 5.97 Å². The normalized spacial score (nSPS) is 10.2. The van der Waals surface area contributed by atoms with Crippen LogP contribution in [-0.4, -0.2) is 33.5 Å². The van der Waals surface area contributed by atoms with Crippen LogP contribution in [0.4, 0.5) is 0 Å². The Morgan fingerprint density at radius 3 is 2.53 bits per heavy atom. The Bertz CT molecular complexity index is 418. The molecule has 1 rings (SSSR count). The van der Waals surface area contributed by atoms with E-state index >= 15 is 0 Å². The number of hydrogen-bond acceptors (Lipinski definition) is 4. The smallest absolute Gasteiger partial charge is 0.303 e. The van der Waals surface area contributed by atoms with Crippen molar-refractivity contribution in [2.24, 2.45) is 0 Å². The SMILES string of the molecule is Cc1cnc(C(=O)NCCCCCCC(=O)O)cn1. The fourth-order valence-corrected chi connectivity index (χ4v) is 1.56. The van der Waals surface area contributed by atoms with Crippen molar-refractivity contribution < 1.29 is 14.7 Å². The Morgan fingerprint density at radius 2 is 1.89 bits per heavy atom. The van der Waals surface area contributed by atoms with Crippen molar-refractivity contribution in [2.75, 3.05) is 6.54 Å². The quantitative estimate of drug-likeness (QED) is 0.696. The first kappa shape index (κ1) is 15.1. The first-order valence-electron chi connectivity index (χ1n) is 6.38. The minimum Gasteiger partial charge on any atom is -0.481 e. The Kier molecular flexibility index (Phi) is 6.49. The van der Waals surface area contributed by atoms with Gasteiger partial charge in [0.15, 0.2) is 0 Å². The molecule has 0 spiro atoms. The Balaban J connectivity index is 2.11. The number of aromatic nitrogens is 2. The topological polar surface area (TPSA) is 92.2 Å². The molecule has 1 amide bonds. The Morgan fingerprint density at radius 1 is 1.16 bits per heavy atom. The summed E-state index contributed by atoms with van der Waals surface area (Å²) in [5, 5.41) is 11.2. The summed E-state index contributed by atoms with van der Waals surface area (Å²) < 4.78 is 0. The molecular weight excluding hydrogens is 246 g/mol. The van der Waals surface area contributed by atoms with Crippen molar-refractivity contribution in [2.45, 2.75) is 39.0 Å². The maximum absolute atomic E-state index is 11.6. The minimum atomic E-state index is -0.758. The van der Waals surface area contributed by atoms with Crippen LogP contribution in [0.1, 0.15) is 48.3 Å². The van der Waals surface area contributed by atoms with Gasteiger partial charge in [-0.2, -0.15) is 0 Å². The molecule has 6 heteroatoms. The first-order chi connectivity index (χ1) is 9.09. The standard InChI is InChI=1S/C13H19N3O3/c1-10-8-16-11(9-15-10)13(19)14-7-5-3-2-4-6-12(17)18/h8-9H,2-7H2,1H3,(H,14,19)(H,17,18).